The number of nitrogen functional groups attached to an aromatic ring is 1. The van der Waals surface area contributed by atoms with Gasteiger partial charge in [0.25, 0.3) is 0 Å². The summed E-state index contributed by atoms with van der Waals surface area (Å²) in [5.41, 5.74) is 6.74. The maximum Gasteiger partial charge on any atom is 0.339 e. The fraction of sp³-hybridized carbons (Fsp3) is 0.524. The Morgan fingerprint density at radius 3 is 2.54 bits per heavy atom. The molecule has 0 saturated heterocycles. The van der Waals surface area contributed by atoms with E-state index in [0.717, 1.165) is 12.8 Å². The van der Waals surface area contributed by atoms with Crippen molar-refractivity contribution in [1.82, 2.24) is 10.3 Å². The second-order valence-corrected chi connectivity index (χ2v) is 7.78. The Labute approximate surface area is 165 Å². The molecule has 0 saturated carbocycles. The number of anilines is 1. The van der Waals surface area contributed by atoms with Gasteiger partial charge in [0, 0.05) is 5.54 Å². The molecule has 0 aliphatic rings. The predicted molar refractivity (Wildman–Crippen MR) is 111 cm³/mol. The van der Waals surface area contributed by atoms with E-state index in [2.05, 4.69) is 24.1 Å². The molecule has 0 spiro atoms. The molecule has 1 aromatic carbocycles. The third-order valence-electron chi connectivity index (χ3n) is 5.03. The lowest BCUT2D eigenvalue weighted by Crippen LogP contribution is -2.52. The van der Waals surface area contributed by atoms with Gasteiger partial charge in [0.1, 0.15) is 24.1 Å². The van der Waals surface area contributed by atoms with Gasteiger partial charge in [-0.25, -0.2) is 4.79 Å². The summed E-state index contributed by atoms with van der Waals surface area (Å²) >= 11 is 0. The smallest absolute Gasteiger partial charge is 0.339 e. The molecular weight excluding hydrogens is 358 g/mol. The van der Waals surface area contributed by atoms with Crippen LogP contribution in [0.3, 0.4) is 0 Å². The van der Waals surface area contributed by atoms with E-state index < -0.39 is 17.7 Å². The second-order valence-electron chi connectivity index (χ2n) is 7.78. The first-order valence-corrected chi connectivity index (χ1v) is 9.61. The summed E-state index contributed by atoms with van der Waals surface area (Å²) in [5, 5.41) is 23.6. The number of nitrogens with one attached hydrogen (secondary N) is 1. The molecule has 154 valence electrons. The van der Waals surface area contributed by atoms with E-state index in [4.69, 9.17) is 10.5 Å². The third kappa shape index (κ3) is 4.72. The van der Waals surface area contributed by atoms with E-state index in [-0.39, 0.29) is 23.8 Å². The zero-order valence-electron chi connectivity index (χ0n) is 17.2. The molecule has 2 aromatic rings. The van der Waals surface area contributed by atoms with Crippen LogP contribution < -0.4 is 15.8 Å². The van der Waals surface area contributed by atoms with Crippen LogP contribution >= 0.6 is 0 Å². The molecule has 0 radical (unpaired) electrons. The van der Waals surface area contributed by atoms with Crippen molar-refractivity contribution in [3.8, 4) is 5.75 Å². The molecule has 1 atom stereocenters. The topological polar surface area (TPSA) is 118 Å². The van der Waals surface area contributed by atoms with Crippen molar-refractivity contribution < 1.29 is 19.7 Å². The van der Waals surface area contributed by atoms with Crippen LogP contribution in [0.15, 0.2) is 18.2 Å². The summed E-state index contributed by atoms with van der Waals surface area (Å²) in [6, 6.07) is 5.32. The molecule has 2 rings (SSSR count). The number of carboxylic acids is 1. The van der Waals surface area contributed by atoms with Crippen LogP contribution in [0.25, 0.3) is 10.9 Å². The van der Waals surface area contributed by atoms with Gasteiger partial charge < -0.3 is 20.7 Å². The number of pyridine rings is 1. The van der Waals surface area contributed by atoms with Crippen molar-refractivity contribution in [1.29, 1.82) is 0 Å². The lowest BCUT2D eigenvalue weighted by atomic mass is 9.98. The maximum atomic E-state index is 11.6. The van der Waals surface area contributed by atoms with Crippen LogP contribution in [0.5, 0.6) is 5.75 Å². The Hall–Kier alpha value is -2.38. The van der Waals surface area contributed by atoms with E-state index in [0.29, 0.717) is 22.3 Å². The number of hydrogen-bond donors (Lipinski definition) is 4. The highest BCUT2D eigenvalue weighted by Crippen LogP contribution is 2.33. The summed E-state index contributed by atoms with van der Waals surface area (Å²) in [4.78, 5) is 15.9. The van der Waals surface area contributed by atoms with Crippen molar-refractivity contribution in [2.24, 2.45) is 5.92 Å². The first-order valence-electron chi connectivity index (χ1n) is 9.61. The van der Waals surface area contributed by atoms with Gasteiger partial charge in [0.05, 0.1) is 22.3 Å². The minimum atomic E-state index is -1.12. The van der Waals surface area contributed by atoms with Crippen molar-refractivity contribution in [2.75, 3.05) is 12.3 Å². The predicted octanol–water partition coefficient (Wildman–Crippen LogP) is 3.33. The molecule has 5 N–H and O–H groups in total. The van der Waals surface area contributed by atoms with Gasteiger partial charge in [-0.2, -0.15) is 0 Å². The number of hydrogen-bond acceptors (Lipinski definition) is 6. The Morgan fingerprint density at radius 1 is 1.32 bits per heavy atom. The molecular formula is C21H31N3O4. The Morgan fingerprint density at radius 2 is 1.96 bits per heavy atom. The zero-order chi connectivity index (χ0) is 21.1. The van der Waals surface area contributed by atoms with Crippen molar-refractivity contribution in [2.45, 2.75) is 59.2 Å². The number of ether oxygens (including phenoxy) is 1. The van der Waals surface area contributed by atoms with Gasteiger partial charge in [-0.05, 0) is 51.7 Å². The van der Waals surface area contributed by atoms with Crippen LogP contribution in [0, 0.1) is 12.8 Å². The Bertz CT molecular complexity index is 847. The van der Waals surface area contributed by atoms with Gasteiger partial charge in [0.2, 0.25) is 0 Å². The minimum absolute atomic E-state index is 0.00918. The number of aliphatic hydroxyl groups is 1. The summed E-state index contributed by atoms with van der Waals surface area (Å²) in [6.45, 7) is 9.88. The first-order chi connectivity index (χ1) is 13.1. The van der Waals surface area contributed by atoms with Crippen LogP contribution in [0.4, 0.5) is 5.69 Å². The maximum absolute atomic E-state index is 11.6. The van der Waals surface area contributed by atoms with Gasteiger partial charge in [-0.3, -0.25) is 10.3 Å². The Balaban J connectivity index is 2.29. The molecule has 0 aliphatic carbocycles. The lowest BCUT2D eigenvalue weighted by molar-refractivity contribution is 0.0314. The van der Waals surface area contributed by atoms with Crippen molar-refractivity contribution in [3.05, 3.63) is 29.5 Å². The molecule has 1 heterocycles. The van der Waals surface area contributed by atoms with E-state index in [1.165, 1.54) is 0 Å². The Kier molecular flexibility index (Phi) is 6.85. The highest BCUT2D eigenvalue weighted by molar-refractivity contribution is 6.06. The summed E-state index contributed by atoms with van der Waals surface area (Å²) in [6.07, 6.45) is 1.13. The summed E-state index contributed by atoms with van der Waals surface area (Å²) < 4.78 is 6.00. The standard InChI is InChI=1S/C21H31N3O4/c1-6-13(7-2)19(25)24-21(4,5)11-28-15-10-8-9-14-17(15)18(22)16(20(26)27)12(3)23-14/h8-10,13,19,24-25H,6-7,11H2,1-5H3,(H2,22,23)(H,26,27). The number of aromatic carboxylic acids is 1. The molecule has 7 heteroatoms. The number of carbonyl (C=O) groups is 1. The van der Waals surface area contributed by atoms with Crippen molar-refractivity contribution >= 4 is 22.6 Å². The zero-order valence-corrected chi connectivity index (χ0v) is 17.2. The highest BCUT2D eigenvalue weighted by Gasteiger charge is 2.26. The number of aryl methyl sites for hydroxylation is 1. The van der Waals surface area contributed by atoms with Crippen LogP contribution in [-0.4, -0.2) is 39.5 Å². The molecule has 0 amide bonds. The molecule has 0 bridgehead atoms. The number of fused-ring (bicyclic) bond motifs is 1. The van der Waals surface area contributed by atoms with E-state index in [1.54, 1.807) is 25.1 Å². The molecule has 0 fully saturated rings. The monoisotopic (exact) mass is 389 g/mol. The first kappa shape index (κ1) is 21.9. The molecule has 7 nitrogen and oxygen atoms in total. The van der Waals surface area contributed by atoms with Crippen LogP contribution in [-0.2, 0) is 0 Å². The SMILES string of the molecule is CCC(CC)C(O)NC(C)(C)COc1cccc2nc(C)c(C(=O)O)c(N)c12. The second kappa shape index (κ2) is 8.75. The number of carboxylic acid groups (broad SMARTS) is 1. The molecule has 28 heavy (non-hydrogen) atoms. The van der Waals surface area contributed by atoms with E-state index >= 15 is 0 Å². The number of benzene rings is 1. The van der Waals surface area contributed by atoms with Crippen molar-refractivity contribution in [3.63, 3.8) is 0 Å². The quantitative estimate of drug-likeness (QED) is 0.486. The van der Waals surface area contributed by atoms with E-state index in [9.17, 15) is 15.0 Å². The summed E-state index contributed by atoms with van der Waals surface area (Å²) in [7, 11) is 0. The number of aliphatic hydroxyl groups excluding tert-OH is 1. The normalized spacial score (nSPS) is 13.1. The lowest BCUT2D eigenvalue weighted by Gasteiger charge is -2.32. The van der Waals surface area contributed by atoms with Crippen LogP contribution in [0.2, 0.25) is 0 Å². The molecule has 0 aliphatic heterocycles. The number of aromatic nitrogens is 1. The molecule has 1 unspecified atom stereocenters. The number of rotatable bonds is 9. The average Bonchev–Trinajstić information content (AvgIpc) is 2.60. The third-order valence-corrected chi connectivity index (χ3v) is 5.03. The van der Waals surface area contributed by atoms with Gasteiger partial charge >= 0.3 is 5.97 Å². The summed E-state index contributed by atoms with van der Waals surface area (Å²) in [5.74, 6) is -0.482. The fourth-order valence-electron chi connectivity index (χ4n) is 3.38. The highest BCUT2D eigenvalue weighted by atomic mass is 16.5. The van der Waals surface area contributed by atoms with Gasteiger partial charge in [-0.15, -0.1) is 0 Å². The average molecular weight is 389 g/mol. The minimum Gasteiger partial charge on any atom is -0.491 e. The number of nitrogens with zero attached hydrogens (tertiary/aromatic N) is 1. The fourth-order valence-corrected chi connectivity index (χ4v) is 3.38. The van der Waals surface area contributed by atoms with Gasteiger partial charge in [-0.1, -0.05) is 19.9 Å². The number of nitrogens with two attached hydrogens (primary N) is 1. The largest absolute Gasteiger partial charge is 0.491 e. The van der Waals surface area contributed by atoms with E-state index in [1.807, 2.05) is 13.8 Å². The van der Waals surface area contributed by atoms with Crippen LogP contribution in [0.1, 0.15) is 56.6 Å². The van der Waals surface area contributed by atoms with Gasteiger partial charge in [0.15, 0.2) is 0 Å². The molecule has 1 aromatic heterocycles.